The Morgan fingerprint density at radius 2 is 1.52 bits per heavy atom. The quantitative estimate of drug-likeness (QED) is 0.563. The number of ether oxygens (including phenoxy) is 1. The third-order valence-electron chi connectivity index (χ3n) is 4.71. The highest BCUT2D eigenvalue weighted by Crippen LogP contribution is 2.18. The second kappa shape index (κ2) is 10.2. The highest BCUT2D eigenvalue weighted by Gasteiger charge is 2.17. The Hall–Kier alpha value is -3.93. The van der Waals surface area contributed by atoms with E-state index in [4.69, 9.17) is 4.74 Å². The lowest BCUT2D eigenvalue weighted by molar-refractivity contribution is -0.119. The van der Waals surface area contributed by atoms with E-state index in [0.29, 0.717) is 16.8 Å². The van der Waals surface area contributed by atoms with Crippen LogP contribution in [-0.2, 0) is 9.53 Å². The van der Waals surface area contributed by atoms with Crippen molar-refractivity contribution in [2.75, 3.05) is 11.9 Å². The van der Waals surface area contributed by atoms with Crippen molar-refractivity contribution in [3.63, 3.8) is 0 Å². The van der Waals surface area contributed by atoms with Crippen molar-refractivity contribution >= 4 is 23.5 Å². The zero-order valence-electron chi connectivity index (χ0n) is 17.4. The van der Waals surface area contributed by atoms with E-state index in [-0.39, 0.29) is 11.9 Å². The molecule has 2 N–H and O–H groups in total. The molecule has 3 aromatic rings. The fourth-order valence-corrected chi connectivity index (χ4v) is 2.98. The number of para-hydroxylation sites is 1. The minimum atomic E-state index is -0.585. The van der Waals surface area contributed by atoms with Crippen molar-refractivity contribution in [2.24, 2.45) is 0 Å². The number of aryl methyl sites for hydroxylation is 1. The van der Waals surface area contributed by atoms with E-state index in [1.54, 1.807) is 48.5 Å². The number of hydrogen-bond acceptors (Lipinski definition) is 4. The molecule has 0 aromatic heterocycles. The van der Waals surface area contributed by atoms with Gasteiger partial charge in [-0.25, -0.2) is 4.79 Å². The molecular formula is C25H24N2O4. The summed E-state index contributed by atoms with van der Waals surface area (Å²) in [6, 6.07) is 22.9. The van der Waals surface area contributed by atoms with Crippen LogP contribution in [0.2, 0.25) is 0 Å². The summed E-state index contributed by atoms with van der Waals surface area (Å²) in [4.78, 5) is 37.1. The van der Waals surface area contributed by atoms with E-state index >= 15 is 0 Å². The Labute approximate surface area is 181 Å². The molecule has 0 aliphatic rings. The van der Waals surface area contributed by atoms with Crippen LogP contribution in [0.3, 0.4) is 0 Å². The minimum Gasteiger partial charge on any atom is -0.452 e. The largest absolute Gasteiger partial charge is 0.452 e. The molecule has 3 aromatic carbocycles. The number of carbonyl (C=O) groups is 3. The SMILES string of the molecule is Cc1ccc(C(=O)OCC(=O)Nc2ccccc2C(=O)N[C@H](C)c2ccccc2)cc1. The summed E-state index contributed by atoms with van der Waals surface area (Å²) in [5.41, 5.74) is 3.03. The molecule has 2 amide bonds. The van der Waals surface area contributed by atoms with Gasteiger partial charge in [-0.3, -0.25) is 9.59 Å². The van der Waals surface area contributed by atoms with Crippen LogP contribution >= 0.6 is 0 Å². The van der Waals surface area contributed by atoms with E-state index in [0.717, 1.165) is 11.1 Å². The Bertz CT molecular complexity index is 1060. The van der Waals surface area contributed by atoms with E-state index in [1.165, 1.54) is 0 Å². The first-order valence-electron chi connectivity index (χ1n) is 9.92. The predicted octanol–water partition coefficient (Wildman–Crippen LogP) is 4.28. The van der Waals surface area contributed by atoms with Crippen LogP contribution in [0.4, 0.5) is 5.69 Å². The standard InChI is InChI=1S/C25H24N2O4/c1-17-12-14-20(15-13-17)25(30)31-16-23(28)27-22-11-7-6-10-21(22)24(29)26-18(2)19-8-4-3-5-9-19/h3-15,18H,16H2,1-2H3,(H,26,29)(H,27,28)/t18-/m1/s1. The maximum absolute atomic E-state index is 12.8. The molecule has 0 unspecified atom stereocenters. The van der Waals surface area contributed by atoms with Gasteiger partial charge < -0.3 is 15.4 Å². The first-order chi connectivity index (χ1) is 14.9. The average Bonchev–Trinajstić information content (AvgIpc) is 2.79. The number of anilines is 1. The number of benzene rings is 3. The topological polar surface area (TPSA) is 84.5 Å². The van der Waals surface area contributed by atoms with Gasteiger partial charge in [0.2, 0.25) is 0 Å². The molecule has 0 aliphatic heterocycles. The van der Waals surface area contributed by atoms with Crippen LogP contribution in [0.1, 0.15) is 44.8 Å². The number of hydrogen-bond donors (Lipinski definition) is 2. The molecule has 0 saturated carbocycles. The molecule has 6 heteroatoms. The molecule has 158 valence electrons. The summed E-state index contributed by atoms with van der Waals surface area (Å²) >= 11 is 0. The van der Waals surface area contributed by atoms with Gasteiger partial charge in [-0.15, -0.1) is 0 Å². The van der Waals surface area contributed by atoms with E-state index in [1.807, 2.05) is 44.2 Å². The van der Waals surface area contributed by atoms with Crippen molar-refractivity contribution in [2.45, 2.75) is 19.9 Å². The average molecular weight is 416 g/mol. The minimum absolute atomic E-state index is 0.201. The zero-order chi connectivity index (χ0) is 22.2. The van der Waals surface area contributed by atoms with Crippen LogP contribution in [0.25, 0.3) is 0 Å². The molecule has 0 fully saturated rings. The third kappa shape index (κ3) is 6.02. The van der Waals surface area contributed by atoms with Gasteiger partial charge in [0.15, 0.2) is 6.61 Å². The normalized spacial score (nSPS) is 11.3. The van der Waals surface area contributed by atoms with E-state index < -0.39 is 18.5 Å². The Balaban J connectivity index is 1.60. The van der Waals surface area contributed by atoms with Gasteiger partial charge >= 0.3 is 5.97 Å². The molecule has 0 spiro atoms. The first kappa shape index (κ1) is 21.8. The van der Waals surface area contributed by atoms with E-state index in [2.05, 4.69) is 10.6 Å². The Morgan fingerprint density at radius 1 is 0.871 bits per heavy atom. The molecule has 31 heavy (non-hydrogen) atoms. The number of carbonyl (C=O) groups excluding carboxylic acids is 3. The maximum Gasteiger partial charge on any atom is 0.338 e. The number of nitrogens with one attached hydrogen (secondary N) is 2. The second-order valence-electron chi connectivity index (χ2n) is 7.14. The number of esters is 1. The van der Waals surface area contributed by atoms with Gasteiger partial charge in [0.25, 0.3) is 11.8 Å². The molecule has 6 nitrogen and oxygen atoms in total. The van der Waals surface area contributed by atoms with Gasteiger partial charge in [0.05, 0.1) is 22.9 Å². The van der Waals surface area contributed by atoms with Crippen LogP contribution in [0.5, 0.6) is 0 Å². The van der Waals surface area contributed by atoms with E-state index in [9.17, 15) is 14.4 Å². The van der Waals surface area contributed by atoms with Crippen molar-refractivity contribution < 1.29 is 19.1 Å². The summed E-state index contributed by atoms with van der Waals surface area (Å²) in [6.07, 6.45) is 0. The number of amides is 2. The van der Waals surface area contributed by atoms with Crippen LogP contribution in [0.15, 0.2) is 78.9 Å². The third-order valence-corrected chi connectivity index (χ3v) is 4.71. The summed E-state index contributed by atoms with van der Waals surface area (Å²) in [6.45, 7) is 3.35. The van der Waals surface area contributed by atoms with Crippen LogP contribution < -0.4 is 10.6 Å². The lowest BCUT2D eigenvalue weighted by Crippen LogP contribution is -2.28. The van der Waals surface area contributed by atoms with Crippen LogP contribution in [0, 0.1) is 6.92 Å². The van der Waals surface area contributed by atoms with Crippen molar-refractivity contribution in [3.05, 3.63) is 101 Å². The fraction of sp³-hybridized carbons (Fsp3) is 0.160. The summed E-state index contributed by atoms with van der Waals surface area (Å²) < 4.78 is 5.07. The van der Waals surface area contributed by atoms with Gasteiger partial charge in [0.1, 0.15) is 0 Å². The van der Waals surface area contributed by atoms with Crippen molar-refractivity contribution in [1.29, 1.82) is 0 Å². The molecule has 3 rings (SSSR count). The van der Waals surface area contributed by atoms with Crippen LogP contribution in [-0.4, -0.2) is 24.4 Å². The van der Waals surface area contributed by atoms with Gasteiger partial charge in [-0.1, -0.05) is 60.2 Å². The second-order valence-corrected chi connectivity index (χ2v) is 7.14. The highest BCUT2D eigenvalue weighted by molar-refractivity contribution is 6.04. The van der Waals surface area contributed by atoms with Gasteiger partial charge in [0, 0.05) is 0 Å². The van der Waals surface area contributed by atoms with Gasteiger partial charge in [-0.2, -0.15) is 0 Å². The fourth-order valence-electron chi connectivity index (χ4n) is 2.98. The first-order valence-corrected chi connectivity index (χ1v) is 9.92. The summed E-state index contributed by atoms with van der Waals surface area (Å²) in [5, 5.41) is 5.57. The molecular weight excluding hydrogens is 392 g/mol. The molecule has 0 heterocycles. The van der Waals surface area contributed by atoms with Crippen molar-refractivity contribution in [3.8, 4) is 0 Å². The zero-order valence-corrected chi connectivity index (χ0v) is 17.4. The Kier molecular flexibility index (Phi) is 7.17. The summed E-state index contributed by atoms with van der Waals surface area (Å²) in [5.74, 6) is -1.43. The summed E-state index contributed by atoms with van der Waals surface area (Å²) in [7, 11) is 0. The van der Waals surface area contributed by atoms with Crippen molar-refractivity contribution in [1.82, 2.24) is 5.32 Å². The molecule has 0 bridgehead atoms. The monoisotopic (exact) mass is 416 g/mol. The molecule has 0 saturated heterocycles. The molecule has 0 aliphatic carbocycles. The van der Waals surface area contributed by atoms with Gasteiger partial charge in [-0.05, 0) is 43.7 Å². The lowest BCUT2D eigenvalue weighted by Gasteiger charge is -2.16. The maximum atomic E-state index is 12.8. The predicted molar refractivity (Wildman–Crippen MR) is 119 cm³/mol. The molecule has 1 atom stereocenters. The molecule has 0 radical (unpaired) electrons. The lowest BCUT2D eigenvalue weighted by atomic mass is 10.1. The Morgan fingerprint density at radius 3 is 2.23 bits per heavy atom. The smallest absolute Gasteiger partial charge is 0.338 e. The number of rotatable bonds is 7. The highest BCUT2D eigenvalue weighted by atomic mass is 16.5.